The first-order valence-electron chi connectivity index (χ1n) is 15.6. The molecule has 2 aromatic carbocycles. The quantitative estimate of drug-likeness (QED) is 0.247. The van der Waals surface area contributed by atoms with Crippen LogP contribution in [0.25, 0.3) is 0 Å². The minimum atomic E-state index is -0.494. The summed E-state index contributed by atoms with van der Waals surface area (Å²) in [6.07, 6.45) is 5.27. The number of esters is 1. The van der Waals surface area contributed by atoms with Gasteiger partial charge in [0.2, 0.25) is 12.7 Å². The summed E-state index contributed by atoms with van der Waals surface area (Å²) in [4.78, 5) is 31.4. The van der Waals surface area contributed by atoms with Crippen molar-refractivity contribution in [2.75, 3.05) is 46.7 Å². The zero-order valence-electron chi connectivity index (χ0n) is 26.4. The first kappa shape index (κ1) is 33.2. The first-order chi connectivity index (χ1) is 20.4. The van der Waals surface area contributed by atoms with Crippen molar-refractivity contribution < 1.29 is 28.5 Å². The average molecular weight is 583 g/mol. The Labute approximate surface area is 252 Å². The third-order valence-electron chi connectivity index (χ3n) is 7.69. The van der Waals surface area contributed by atoms with Crippen LogP contribution in [0.15, 0.2) is 42.5 Å². The summed E-state index contributed by atoms with van der Waals surface area (Å²) in [5.41, 5.74) is 1.93. The van der Waals surface area contributed by atoms with Crippen molar-refractivity contribution in [1.29, 1.82) is 0 Å². The largest absolute Gasteiger partial charge is 0.497 e. The van der Waals surface area contributed by atoms with Gasteiger partial charge in [-0.1, -0.05) is 65.2 Å². The number of hydrogen-bond donors (Lipinski definition) is 0. The van der Waals surface area contributed by atoms with Crippen LogP contribution in [0, 0.1) is 5.92 Å². The lowest BCUT2D eigenvalue weighted by atomic mass is 9.82. The molecule has 0 N–H and O–H groups in total. The molecule has 8 heteroatoms. The minimum Gasteiger partial charge on any atom is -0.497 e. The predicted octanol–water partition coefficient (Wildman–Crippen LogP) is 6.59. The fourth-order valence-corrected chi connectivity index (χ4v) is 5.63. The third-order valence-corrected chi connectivity index (χ3v) is 7.69. The number of unbranched alkanes of at least 4 members (excludes halogenated alkanes) is 2. The van der Waals surface area contributed by atoms with Crippen LogP contribution in [0.3, 0.4) is 0 Å². The van der Waals surface area contributed by atoms with Gasteiger partial charge in [-0.05, 0) is 55.2 Å². The number of methoxy groups -OCH3 is 1. The van der Waals surface area contributed by atoms with Crippen molar-refractivity contribution in [3.63, 3.8) is 0 Å². The van der Waals surface area contributed by atoms with E-state index in [0.29, 0.717) is 24.7 Å². The molecule has 0 radical (unpaired) electrons. The van der Waals surface area contributed by atoms with Gasteiger partial charge in [0.1, 0.15) is 5.75 Å². The maximum atomic E-state index is 13.7. The normalized spacial score (nSPS) is 19.1. The highest BCUT2D eigenvalue weighted by Crippen LogP contribution is 2.48. The van der Waals surface area contributed by atoms with Crippen molar-refractivity contribution in [2.24, 2.45) is 5.92 Å². The number of benzene rings is 2. The second-order valence-electron chi connectivity index (χ2n) is 10.9. The van der Waals surface area contributed by atoms with Gasteiger partial charge in [-0.25, -0.2) is 0 Å². The Morgan fingerprint density at radius 3 is 2.12 bits per heavy atom. The summed E-state index contributed by atoms with van der Waals surface area (Å²) in [7, 11) is 1.63. The molecule has 0 aliphatic carbocycles. The number of ether oxygens (including phenoxy) is 4. The van der Waals surface area contributed by atoms with Crippen LogP contribution in [0.2, 0.25) is 0 Å². The third kappa shape index (κ3) is 8.40. The number of rotatable bonds is 13. The lowest BCUT2D eigenvalue weighted by Crippen LogP contribution is -2.42. The summed E-state index contributed by atoms with van der Waals surface area (Å²) < 4.78 is 22.2. The Bertz CT molecular complexity index is 1110. The van der Waals surface area contributed by atoms with Gasteiger partial charge < -0.3 is 23.8 Å². The van der Waals surface area contributed by atoms with Crippen LogP contribution < -0.4 is 14.2 Å². The second-order valence-corrected chi connectivity index (χ2v) is 10.9. The molecule has 232 valence electrons. The molecular formula is C34H50N2O6. The molecule has 8 nitrogen and oxygen atoms in total. The maximum Gasteiger partial charge on any atom is 0.311 e. The van der Waals surface area contributed by atoms with Gasteiger partial charge in [-0.15, -0.1) is 0 Å². The van der Waals surface area contributed by atoms with Crippen LogP contribution in [-0.4, -0.2) is 68.4 Å². The number of amides is 1. The van der Waals surface area contributed by atoms with Crippen molar-refractivity contribution >= 4 is 11.9 Å². The van der Waals surface area contributed by atoms with E-state index in [9.17, 15) is 9.59 Å². The van der Waals surface area contributed by atoms with E-state index >= 15 is 0 Å². The van der Waals surface area contributed by atoms with Gasteiger partial charge in [0.15, 0.2) is 11.5 Å². The molecule has 1 saturated heterocycles. The SMILES string of the molecule is CCC.CCCCN(CCCC)C(=O)CN1CC(c2ccc3c(c2)OCO3)C(C(=O)OCC)C1c1ccc(OC)cc1. The molecule has 42 heavy (non-hydrogen) atoms. The highest BCUT2D eigenvalue weighted by atomic mass is 16.7. The van der Waals surface area contributed by atoms with E-state index < -0.39 is 5.92 Å². The van der Waals surface area contributed by atoms with E-state index in [4.69, 9.17) is 18.9 Å². The van der Waals surface area contributed by atoms with Crippen molar-refractivity contribution in [2.45, 2.75) is 78.7 Å². The van der Waals surface area contributed by atoms with Gasteiger partial charge in [-0.3, -0.25) is 14.5 Å². The van der Waals surface area contributed by atoms with Crippen LogP contribution in [-0.2, 0) is 14.3 Å². The summed E-state index contributed by atoms with van der Waals surface area (Å²) in [6.45, 7) is 13.1. The Morgan fingerprint density at radius 1 is 0.905 bits per heavy atom. The molecule has 4 rings (SSSR count). The molecule has 0 saturated carbocycles. The van der Waals surface area contributed by atoms with Crippen LogP contribution in [0.5, 0.6) is 17.2 Å². The average Bonchev–Trinajstić information content (AvgIpc) is 3.62. The lowest BCUT2D eigenvalue weighted by Gasteiger charge is -2.30. The van der Waals surface area contributed by atoms with Gasteiger partial charge in [-0.2, -0.15) is 0 Å². The molecule has 3 atom stereocenters. The molecule has 0 spiro atoms. The summed E-state index contributed by atoms with van der Waals surface area (Å²) in [6, 6.07) is 13.3. The number of fused-ring (bicyclic) bond motifs is 1. The van der Waals surface area contributed by atoms with E-state index in [1.807, 2.05) is 54.3 Å². The molecule has 0 bridgehead atoms. The number of likely N-dealkylation sites (tertiary alicyclic amines) is 1. The van der Waals surface area contributed by atoms with E-state index in [-0.39, 0.29) is 37.2 Å². The van der Waals surface area contributed by atoms with E-state index in [1.54, 1.807) is 7.11 Å². The fraction of sp³-hybridized carbons (Fsp3) is 0.588. The number of carbonyl (C=O) groups excluding carboxylic acids is 2. The standard InChI is InChI=1S/C31H42N2O6.C3H8/c1-5-8-16-32(17-9-6-2)28(34)20-33-19-25(23-12-15-26-27(18-23)39-21-38-26)29(31(35)37-7-3)30(33)22-10-13-24(36-4)14-11-22;1-3-2/h10-15,18,25,29-30H,5-9,16-17,19-21H2,1-4H3;3H2,1-2H3. The molecule has 3 unspecified atom stereocenters. The van der Waals surface area contributed by atoms with E-state index in [1.165, 1.54) is 6.42 Å². The van der Waals surface area contributed by atoms with Crippen LogP contribution >= 0.6 is 0 Å². The van der Waals surface area contributed by atoms with Crippen molar-refractivity contribution in [1.82, 2.24) is 9.80 Å². The van der Waals surface area contributed by atoms with Gasteiger partial charge >= 0.3 is 5.97 Å². The molecule has 1 amide bonds. The Balaban J connectivity index is 0.00000155. The number of carbonyl (C=O) groups is 2. The fourth-order valence-electron chi connectivity index (χ4n) is 5.63. The summed E-state index contributed by atoms with van der Waals surface area (Å²) in [5.74, 6) is 1.28. The minimum absolute atomic E-state index is 0.101. The topological polar surface area (TPSA) is 77.5 Å². The Kier molecular flexibility index (Phi) is 13.5. The summed E-state index contributed by atoms with van der Waals surface area (Å²) in [5, 5.41) is 0. The van der Waals surface area contributed by atoms with Gasteiger partial charge in [0.25, 0.3) is 0 Å². The van der Waals surface area contributed by atoms with Crippen LogP contribution in [0.1, 0.15) is 89.8 Å². The van der Waals surface area contributed by atoms with Gasteiger partial charge in [0, 0.05) is 31.6 Å². The number of hydrogen-bond acceptors (Lipinski definition) is 7. The highest BCUT2D eigenvalue weighted by Gasteiger charge is 2.49. The van der Waals surface area contributed by atoms with Crippen LogP contribution in [0.4, 0.5) is 0 Å². The molecular weight excluding hydrogens is 532 g/mol. The molecule has 2 aliphatic heterocycles. The number of nitrogens with zero attached hydrogens (tertiary/aromatic N) is 2. The molecule has 2 heterocycles. The first-order valence-corrected chi connectivity index (χ1v) is 15.6. The van der Waals surface area contributed by atoms with E-state index in [2.05, 4.69) is 32.6 Å². The Morgan fingerprint density at radius 2 is 1.52 bits per heavy atom. The highest BCUT2D eigenvalue weighted by molar-refractivity contribution is 5.80. The maximum absolute atomic E-state index is 13.7. The van der Waals surface area contributed by atoms with Crippen molar-refractivity contribution in [3.05, 3.63) is 53.6 Å². The van der Waals surface area contributed by atoms with Crippen molar-refractivity contribution in [3.8, 4) is 17.2 Å². The monoisotopic (exact) mass is 582 g/mol. The second kappa shape index (κ2) is 17.0. The molecule has 0 aromatic heterocycles. The van der Waals surface area contributed by atoms with E-state index in [0.717, 1.165) is 55.6 Å². The smallest absolute Gasteiger partial charge is 0.311 e. The Hall–Kier alpha value is -3.26. The van der Waals surface area contributed by atoms with Gasteiger partial charge in [0.05, 0.1) is 26.2 Å². The lowest BCUT2D eigenvalue weighted by molar-refractivity contribution is -0.150. The predicted molar refractivity (Wildman–Crippen MR) is 165 cm³/mol. The zero-order chi connectivity index (χ0) is 30.5. The molecule has 2 aromatic rings. The molecule has 1 fully saturated rings. The summed E-state index contributed by atoms with van der Waals surface area (Å²) >= 11 is 0. The molecule has 2 aliphatic rings. The zero-order valence-corrected chi connectivity index (χ0v) is 26.4.